The van der Waals surface area contributed by atoms with Crippen molar-refractivity contribution in [1.82, 2.24) is 4.90 Å². The molecular weight excluding hydrogens is 234 g/mol. The number of benzene rings is 1. The number of phenolic OH excluding ortho intramolecular Hbond substituents is 1. The highest BCUT2D eigenvalue weighted by atomic mass is 16.5. The van der Waals surface area contributed by atoms with Crippen LogP contribution in [-0.4, -0.2) is 42.1 Å². The number of aromatic hydroxyl groups is 1. The lowest BCUT2D eigenvalue weighted by Gasteiger charge is -2.17. The van der Waals surface area contributed by atoms with Crippen molar-refractivity contribution >= 4 is 11.9 Å². The molecule has 1 aromatic carbocycles. The van der Waals surface area contributed by atoms with E-state index in [1.165, 1.54) is 18.0 Å². The number of carbonyl (C=O) groups excluding carboxylic acids is 2. The van der Waals surface area contributed by atoms with Crippen LogP contribution in [0.3, 0.4) is 0 Å². The number of phenols is 1. The Morgan fingerprint density at radius 1 is 1.39 bits per heavy atom. The third-order valence-electron chi connectivity index (χ3n) is 2.40. The van der Waals surface area contributed by atoms with Gasteiger partial charge in [-0.05, 0) is 26.0 Å². The molecule has 1 aromatic rings. The predicted octanol–water partition coefficient (Wildman–Crippen LogP) is 1.34. The van der Waals surface area contributed by atoms with Gasteiger partial charge < -0.3 is 14.7 Å². The van der Waals surface area contributed by atoms with Gasteiger partial charge in [0, 0.05) is 7.05 Å². The molecule has 0 unspecified atom stereocenters. The predicted molar refractivity (Wildman–Crippen MR) is 66.4 cm³/mol. The first-order valence-corrected chi connectivity index (χ1v) is 5.66. The van der Waals surface area contributed by atoms with E-state index < -0.39 is 11.9 Å². The molecule has 0 bridgehead atoms. The molecule has 0 heterocycles. The maximum absolute atomic E-state index is 12.0. The Bertz CT molecular complexity index is 456. The summed E-state index contributed by atoms with van der Waals surface area (Å²) in [5.74, 6) is -0.981. The Hall–Kier alpha value is -2.04. The monoisotopic (exact) mass is 251 g/mol. The highest BCUT2D eigenvalue weighted by Gasteiger charge is 2.18. The van der Waals surface area contributed by atoms with E-state index in [2.05, 4.69) is 0 Å². The fraction of sp³-hybridized carbons (Fsp3) is 0.385. The molecule has 1 N–H and O–H groups in total. The molecule has 0 aromatic heterocycles. The molecule has 0 atom stereocenters. The number of ether oxygens (including phenoxy) is 1. The maximum Gasteiger partial charge on any atom is 0.325 e. The molecule has 0 aliphatic rings. The van der Waals surface area contributed by atoms with Gasteiger partial charge in [0.25, 0.3) is 5.91 Å². The van der Waals surface area contributed by atoms with Crippen LogP contribution in [0, 0.1) is 6.92 Å². The molecule has 5 nitrogen and oxygen atoms in total. The molecule has 0 aliphatic heterocycles. The van der Waals surface area contributed by atoms with Crippen LogP contribution in [0.5, 0.6) is 5.75 Å². The van der Waals surface area contributed by atoms with Crippen LogP contribution < -0.4 is 0 Å². The summed E-state index contributed by atoms with van der Waals surface area (Å²) in [5.41, 5.74) is 1.04. The fourth-order valence-electron chi connectivity index (χ4n) is 1.50. The minimum absolute atomic E-state index is 0.0960. The summed E-state index contributed by atoms with van der Waals surface area (Å²) in [5, 5.41) is 9.63. The van der Waals surface area contributed by atoms with Crippen LogP contribution in [0.25, 0.3) is 0 Å². The van der Waals surface area contributed by atoms with Gasteiger partial charge in [-0.25, -0.2) is 0 Å². The number of carbonyl (C=O) groups is 2. The Kier molecular flexibility index (Phi) is 4.71. The van der Waals surface area contributed by atoms with Crippen molar-refractivity contribution in [3.8, 4) is 5.75 Å². The van der Waals surface area contributed by atoms with Gasteiger partial charge in [0.2, 0.25) is 0 Å². The second-order valence-corrected chi connectivity index (χ2v) is 3.99. The van der Waals surface area contributed by atoms with E-state index in [0.29, 0.717) is 0 Å². The topological polar surface area (TPSA) is 66.8 Å². The van der Waals surface area contributed by atoms with Crippen LogP contribution in [0.4, 0.5) is 0 Å². The number of nitrogens with zero attached hydrogens (tertiary/aromatic N) is 1. The zero-order chi connectivity index (χ0) is 13.7. The third-order valence-corrected chi connectivity index (χ3v) is 2.40. The van der Waals surface area contributed by atoms with Gasteiger partial charge in [0.15, 0.2) is 0 Å². The smallest absolute Gasteiger partial charge is 0.325 e. The van der Waals surface area contributed by atoms with Gasteiger partial charge in [-0.15, -0.1) is 0 Å². The molecular formula is C13H17NO4. The van der Waals surface area contributed by atoms with Gasteiger partial charge in [-0.1, -0.05) is 11.6 Å². The molecule has 5 heteroatoms. The second kappa shape index (κ2) is 6.05. The van der Waals surface area contributed by atoms with Crippen molar-refractivity contribution in [3.63, 3.8) is 0 Å². The van der Waals surface area contributed by atoms with Crippen molar-refractivity contribution in [2.75, 3.05) is 20.2 Å². The van der Waals surface area contributed by atoms with Crippen LogP contribution in [0.15, 0.2) is 18.2 Å². The van der Waals surface area contributed by atoms with E-state index in [0.717, 1.165) is 5.56 Å². The normalized spacial score (nSPS) is 9.94. The van der Waals surface area contributed by atoms with Gasteiger partial charge in [0.1, 0.15) is 12.3 Å². The average molecular weight is 251 g/mol. The molecule has 0 radical (unpaired) electrons. The first-order valence-electron chi connectivity index (χ1n) is 5.66. The van der Waals surface area contributed by atoms with E-state index in [-0.39, 0.29) is 24.5 Å². The molecule has 98 valence electrons. The molecule has 18 heavy (non-hydrogen) atoms. The number of rotatable bonds is 4. The van der Waals surface area contributed by atoms with Gasteiger partial charge in [-0.2, -0.15) is 0 Å². The highest BCUT2D eigenvalue weighted by Crippen LogP contribution is 2.19. The van der Waals surface area contributed by atoms with Crippen LogP contribution in [-0.2, 0) is 9.53 Å². The highest BCUT2D eigenvalue weighted by molar-refractivity contribution is 5.98. The Morgan fingerprint density at radius 3 is 2.67 bits per heavy atom. The number of hydrogen-bond acceptors (Lipinski definition) is 4. The number of amides is 1. The van der Waals surface area contributed by atoms with Gasteiger partial charge in [0.05, 0.1) is 12.2 Å². The van der Waals surface area contributed by atoms with E-state index in [1.807, 2.05) is 6.92 Å². The summed E-state index contributed by atoms with van der Waals surface area (Å²) in [7, 11) is 1.49. The van der Waals surface area contributed by atoms with Crippen molar-refractivity contribution < 1.29 is 19.4 Å². The van der Waals surface area contributed by atoms with Crippen LogP contribution >= 0.6 is 0 Å². The number of likely N-dealkylation sites (N-methyl/N-ethyl adjacent to an activating group) is 1. The summed E-state index contributed by atoms with van der Waals surface area (Å²) in [6.45, 7) is 3.66. The summed E-state index contributed by atoms with van der Waals surface area (Å²) in [4.78, 5) is 24.5. The third kappa shape index (κ3) is 3.48. The maximum atomic E-state index is 12.0. The first-order chi connectivity index (χ1) is 8.45. The van der Waals surface area contributed by atoms with Crippen molar-refractivity contribution in [2.24, 2.45) is 0 Å². The molecule has 0 spiro atoms. The average Bonchev–Trinajstić information content (AvgIpc) is 2.31. The zero-order valence-corrected chi connectivity index (χ0v) is 10.8. The quantitative estimate of drug-likeness (QED) is 0.820. The van der Waals surface area contributed by atoms with Gasteiger partial charge >= 0.3 is 5.97 Å². The lowest BCUT2D eigenvalue weighted by atomic mass is 10.1. The summed E-state index contributed by atoms with van der Waals surface area (Å²) in [6, 6.07) is 4.75. The minimum Gasteiger partial charge on any atom is -0.507 e. The number of hydrogen-bond donors (Lipinski definition) is 1. The molecule has 0 aliphatic carbocycles. The zero-order valence-electron chi connectivity index (χ0n) is 10.8. The lowest BCUT2D eigenvalue weighted by Crippen LogP contribution is -2.33. The van der Waals surface area contributed by atoms with E-state index in [4.69, 9.17) is 4.74 Å². The Balaban J connectivity index is 2.80. The lowest BCUT2D eigenvalue weighted by molar-refractivity contribution is -0.143. The molecule has 0 fully saturated rings. The van der Waals surface area contributed by atoms with Crippen molar-refractivity contribution in [2.45, 2.75) is 13.8 Å². The molecule has 1 rings (SSSR count). The Morgan fingerprint density at radius 2 is 2.06 bits per heavy atom. The SMILES string of the molecule is CCOC(=O)CN(C)C(=O)c1cc(C)ccc1O. The second-order valence-electron chi connectivity index (χ2n) is 3.99. The largest absolute Gasteiger partial charge is 0.507 e. The Labute approximate surface area is 106 Å². The molecule has 0 saturated heterocycles. The summed E-state index contributed by atoms with van der Waals surface area (Å²) >= 11 is 0. The number of aryl methyl sites for hydroxylation is 1. The summed E-state index contributed by atoms with van der Waals surface area (Å²) < 4.78 is 4.76. The standard InChI is InChI=1S/C13H17NO4/c1-4-18-12(16)8-14(3)13(17)10-7-9(2)5-6-11(10)15/h5-7,15H,4,8H2,1-3H3. The van der Waals surface area contributed by atoms with Crippen LogP contribution in [0.1, 0.15) is 22.8 Å². The fourth-order valence-corrected chi connectivity index (χ4v) is 1.50. The first kappa shape index (κ1) is 14.0. The van der Waals surface area contributed by atoms with Gasteiger partial charge in [-0.3, -0.25) is 9.59 Å². The molecule has 1 amide bonds. The van der Waals surface area contributed by atoms with E-state index in [1.54, 1.807) is 19.1 Å². The van der Waals surface area contributed by atoms with Crippen LogP contribution in [0.2, 0.25) is 0 Å². The number of esters is 1. The van der Waals surface area contributed by atoms with Crippen molar-refractivity contribution in [1.29, 1.82) is 0 Å². The van der Waals surface area contributed by atoms with E-state index in [9.17, 15) is 14.7 Å². The summed E-state index contributed by atoms with van der Waals surface area (Å²) in [6.07, 6.45) is 0. The minimum atomic E-state index is -0.472. The van der Waals surface area contributed by atoms with E-state index >= 15 is 0 Å². The molecule has 0 saturated carbocycles. The van der Waals surface area contributed by atoms with Crippen molar-refractivity contribution in [3.05, 3.63) is 29.3 Å².